The number of hydrogen-bond acceptors (Lipinski definition) is 5. The lowest BCUT2D eigenvalue weighted by Crippen LogP contribution is -2.13. The quantitative estimate of drug-likeness (QED) is 0.642. The highest BCUT2D eigenvalue weighted by atomic mass is 32.1. The van der Waals surface area contributed by atoms with Crippen LogP contribution in [-0.2, 0) is 28.9 Å². The maximum absolute atomic E-state index is 12.4. The molecule has 1 aliphatic rings. The van der Waals surface area contributed by atoms with Gasteiger partial charge in [-0.25, -0.2) is 4.79 Å². The number of amides is 1. The van der Waals surface area contributed by atoms with Crippen molar-refractivity contribution in [1.29, 1.82) is 0 Å². The molecule has 26 heavy (non-hydrogen) atoms. The van der Waals surface area contributed by atoms with Crippen molar-refractivity contribution >= 4 is 34.3 Å². The number of esters is 1. The number of anilines is 1. The van der Waals surface area contributed by atoms with Gasteiger partial charge in [-0.3, -0.25) is 9.48 Å². The van der Waals surface area contributed by atoms with E-state index in [1.54, 1.807) is 12.3 Å². The van der Waals surface area contributed by atoms with E-state index in [-0.39, 0.29) is 11.9 Å². The predicted molar refractivity (Wildman–Crippen MR) is 103 cm³/mol. The van der Waals surface area contributed by atoms with Crippen molar-refractivity contribution in [3.05, 3.63) is 39.5 Å². The van der Waals surface area contributed by atoms with Crippen LogP contribution in [0.4, 0.5) is 5.00 Å². The van der Waals surface area contributed by atoms with Crippen LogP contribution in [0.15, 0.2) is 12.3 Å². The van der Waals surface area contributed by atoms with Crippen LogP contribution in [0.1, 0.15) is 51.8 Å². The summed E-state index contributed by atoms with van der Waals surface area (Å²) in [6.45, 7) is 4.78. The lowest BCUT2D eigenvalue weighted by molar-refractivity contribution is -0.111. The zero-order valence-electron chi connectivity index (χ0n) is 15.3. The van der Waals surface area contributed by atoms with E-state index in [0.29, 0.717) is 10.6 Å². The molecule has 3 rings (SSSR count). The second-order valence-electron chi connectivity index (χ2n) is 6.23. The van der Waals surface area contributed by atoms with Crippen molar-refractivity contribution < 1.29 is 14.3 Å². The highest BCUT2D eigenvalue weighted by Crippen LogP contribution is 2.38. The Morgan fingerprint density at radius 1 is 1.38 bits per heavy atom. The fraction of sp³-hybridized carbons (Fsp3) is 0.421. The number of carbonyl (C=O) groups excluding carboxylic acids is 2. The Morgan fingerprint density at radius 3 is 2.85 bits per heavy atom. The number of ether oxygens (including phenoxy) is 1. The number of nitrogens with one attached hydrogen (secondary N) is 1. The van der Waals surface area contributed by atoms with E-state index in [9.17, 15) is 9.59 Å². The fourth-order valence-corrected chi connectivity index (χ4v) is 4.51. The predicted octanol–water partition coefficient (Wildman–Crippen LogP) is 3.59. The van der Waals surface area contributed by atoms with Gasteiger partial charge in [-0.1, -0.05) is 0 Å². The van der Waals surface area contributed by atoms with E-state index in [0.717, 1.165) is 49.0 Å². The Morgan fingerprint density at radius 2 is 2.15 bits per heavy atom. The first-order valence-electron chi connectivity index (χ1n) is 8.79. The number of hydrogen-bond donors (Lipinski definition) is 1. The summed E-state index contributed by atoms with van der Waals surface area (Å²) >= 11 is 1.48. The normalized spacial score (nSPS) is 13.7. The van der Waals surface area contributed by atoms with Crippen LogP contribution in [0.5, 0.6) is 0 Å². The first kappa shape index (κ1) is 18.4. The molecule has 0 bridgehead atoms. The molecule has 0 saturated carbocycles. The number of rotatable bonds is 5. The molecule has 2 aromatic rings. The third kappa shape index (κ3) is 3.58. The molecule has 2 aromatic heterocycles. The van der Waals surface area contributed by atoms with Crippen molar-refractivity contribution in [2.24, 2.45) is 0 Å². The van der Waals surface area contributed by atoms with Gasteiger partial charge in [0, 0.05) is 28.8 Å². The summed E-state index contributed by atoms with van der Waals surface area (Å²) in [4.78, 5) is 25.8. The van der Waals surface area contributed by atoms with Crippen molar-refractivity contribution in [1.82, 2.24) is 9.78 Å². The van der Waals surface area contributed by atoms with Gasteiger partial charge in [0.2, 0.25) is 5.91 Å². The van der Waals surface area contributed by atoms with Crippen LogP contribution in [0.25, 0.3) is 6.08 Å². The monoisotopic (exact) mass is 373 g/mol. The molecular formula is C19H23N3O3S. The minimum absolute atomic E-state index is 0.266. The average Bonchev–Trinajstić information content (AvgIpc) is 3.19. The summed E-state index contributed by atoms with van der Waals surface area (Å²) in [6.07, 6.45) is 8.94. The van der Waals surface area contributed by atoms with Gasteiger partial charge in [-0.2, -0.15) is 5.10 Å². The SMILES string of the molecule is CCn1ncc(C=CC(=O)Nc2sc3c(c2C(=O)OC)CCCC3)c1C. The van der Waals surface area contributed by atoms with Gasteiger partial charge < -0.3 is 10.1 Å². The van der Waals surface area contributed by atoms with Crippen LogP contribution in [0, 0.1) is 6.92 Å². The molecule has 6 nitrogen and oxygen atoms in total. The van der Waals surface area contributed by atoms with Crippen LogP contribution in [0.3, 0.4) is 0 Å². The first-order chi connectivity index (χ1) is 12.5. The number of nitrogens with zero attached hydrogens (tertiary/aromatic N) is 2. The molecule has 0 unspecified atom stereocenters. The summed E-state index contributed by atoms with van der Waals surface area (Å²) in [6, 6.07) is 0. The van der Waals surface area contributed by atoms with E-state index < -0.39 is 0 Å². The smallest absolute Gasteiger partial charge is 0.341 e. The van der Waals surface area contributed by atoms with E-state index in [1.165, 1.54) is 29.4 Å². The Kier molecular flexibility index (Phi) is 5.56. The molecule has 2 heterocycles. The second-order valence-corrected chi connectivity index (χ2v) is 7.34. The third-order valence-electron chi connectivity index (χ3n) is 4.65. The van der Waals surface area contributed by atoms with E-state index in [2.05, 4.69) is 10.4 Å². The number of thiophene rings is 1. The van der Waals surface area contributed by atoms with Gasteiger partial charge in [0.15, 0.2) is 0 Å². The van der Waals surface area contributed by atoms with Gasteiger partial charge in [0.25, 0.3) is 0 Å². The van der Waals surface area contributed by atoms with Gasteiger partial charge in [-0.05, 0) is 51.2 Å². The van der Waals surface area contributed by atoms with Gasteiger partial charge in [0.05, 0.1) is 18.9 Å². The lowest BCUT2D eigenvalue weighted by Gasteiger charge is -2.11. The van der Waals surface area contributed by atoms with Crippen LogP contribution >= 0.6 is 11.3 Å². The Balaban J connectivity index is 1.80. The molecule has 7 heteroatoms. The van der Waals surface area contributed by atoms with Crippen molar-refractivity contribution in [3.8, 4) is 0 Å². The number of aromatic nitrogens is 2. The molecule has 0 saturated heterocycles. The maximum Gasteiger partial charge on any atom is 0.341 e. The molecule has 0 aromatic carbocycles. The Hall–Kier alpha value is -2.41. The molecule has 0 radical (unpaired) electrons. The Labute approximate surface area is 156 Å². The third-order valence-corrected chi connectivity index (χ3v) is 5.86. The van der Waals surface area contributed by atoms with Crippen LogP contribution in [0.2, 0.25) is 0 Å². The number of fused-ring (bicyclic) bond motifs is 1. The number of aryl methyl sites for hydroxylation is 2. The second kappa shape index (κ2) is 7.86. The minimum atomic E-state index is -0.385. The van der Waals surface area contributed by atoms with Crippen molar-refractivity contribution in [3.63, 3.8) is 0 Å². The van der Waals surface area contributed by atoms with E-state index >= 15 is 0 Å². The maximum atomic E-state index is 12.4. The Bertz CT molecular complexity index is 864. The van der Waals surface area contributed by atoms with Crippen molar-refractivity contribution in [2.75, 3.05) is 12.4 Å². The largest absolute Gasteiger partial charge is 0.465 e. The molecule has 0 aliphatic heterocycles. The molecule has 0 atom stereocenters. The summed E-state index contributed by atoms with van der Waals surface area (Å²) < 4.78 is 6.81. The zero-order valence-corrected chi connectivity index (χ0v) is 16.1. The van der Waals surface area contributed by atoms with Crippen molar-refractivity contribution in [2.45, 2.75) is 46.1 Å². The summed E-state index contributed by atoms with van der Waals surface area (Å²) in [7, 11) is 1.37. The standard InChI is InChI=1S/C19H23N3O3S/c1-4-22-12(2)13(11-20-22)9-10-16(23)21-18-17(19(24)25-3)14-7-5-6-8-15(14)26-18/h9-11H,4-8H2,1-3H3,(H,21,23). The van der Waals surface area contributed by atoms with Gasteiger partial charge in [0.1, 0.15) is 5.00 Å². The highest BCUT2D eigenvalue weighted by molar-refractivity contribution is 7.17. The number of methoxy groups -OCH3 is 1. The van der Waals surface area contributed by atoms with E-state index in [1.807, 2.05) is 18.5 Å². The van der Waals surface area contributed by atoms with E-state index in [4.69, 9.17) is 4.74 Å². The number of carbonyl (C=O) groups is 2. The molecular weight excluding hydrogens is 350 g/mol. The van der Waals surface area contributed by atoms with Gasteiger partial charge >= 0.3 is 5.97 Å². The molecule has 1 amide bonds. The summed E-state index contributed by atoms with van der Waals surface area (Å²) in [5.41, 5.74) is 3.47. The first-order valence-corrected chi connectivity index (χ1v) is 9.61. The summed E-state index contributed by atoms with van der Waals surface area (Å²) in [5, 5.41) is 7.70. The van der Waals surface area contributed by atoms with Gasteiger partial charge in [-0.15, -0.1) is 11.3 Å². The molecule has 0 spiro atoms. The molecule has 1 aliphatic carbocycles. The fourth-order valence-electron chi connectivity index (χ4n) is 3.23. The average molecular weight is 373 g/mol. The topological polar surface area (TPSA) is 73.2 Å². The van der Waals surface area contributed by atoms with Crippen LogP contribution in [-0.4, -0.2) is 28.8 Å². The lowest BCUT2D eigenvalue weighted by atomic mass is 9.95. The molecule has 138 valence electrons. The zero-order chi connectivity index (χ0) is 18.7. The molecule has 0 fully saturated rings. The molecule has 1 N–H and O–H groups in total. The summed E-state index contributed by atoms with van der Waals surface area (Å²) in [5.74, 6) is -0.652. The highest BCUT2D eigenvalue weighted by Gasteiger charge is 2.26. The minimum Gasteiger partial charge on any atom is -0.465 e. The van der Waals surface area contributed by atoms with Crippen LogP contribution < -0.4 is 5.32 Å².